The predicted octanol–water partition coefficient (Wildman–Crippen LogP) is 8.91. The van der Waals surface area contributed by atoms with Gasteiger partial charge in [0.2, 0.25) is 0 Å². The summed E-state index contributed by atoms with van der Waals surface area (Å²) in [6, 6.07) is 0. The third-order valence-electron chi connectivity index (χ3n) is 9.31. The summed E-state index contributed by atoms with van der Waals surface area (Å²) in [4.78, 5) is 0. The van der Waals surface area contributed by atoms with Gasteiger partial charge in [-0.1, -0.05) is 13.8 Å². The van der Waals surface area contributed by atoms with E-state index in [2.05, 4.69) is 121 Å². The van der Waals surface area contributed by atoms with Gasteiger partial charge in [0.1, 0.15) is 0 Å². The lowest BCUT2D eigenvalue weighted by Crippen LogP contribution is -2.48. The highest BCUT2D eigenvalue weighted by Crippen LogP contribution is 2.32. The molecule has 51 heavy (non-hydrogen) atoms. The summed E-state index contributed by atoms with van der Waals surface area (Å²) >= 11 is 13.2. The van der Waals surface area contributed by atoms with Crippen LogP contribution in [-0.4, -0.2) is 115 Å². The van der Waals surface area contributed by atoms with Crippen LogP contribution in [-0.2, 0) is 33.2 Å². The Morgan fingerprint density at radius 3 is 1.04 bits per heavy atom. The normalized spacial score (nSPS) is 14.5. The lowest BCUT2D eigenvalue weighted by molar-refractivity contribution is -0.186. The minimum atomic E-state index is -0.651. The molecule has 0 aromatic carbocycles. The highest BCUT2D eigenvalue weighted by Gasteiger charge is 2.39. The fourth-order valence-electron chi connectivity index (χ4n) is 4.93. The van der Waals surface area contributed by atoms with E-state index in [1.54, 1.807) is 0 Å². The smallest absolute Gasteiger partial charge is 0.0648 e. The number of rotatable bonds is 32. The minimum Gasteiger partial charge on any atom is -0.396 e. The van der Waals surface area contributed by atoms with Gasteiger partial charge in [-0.25, -0.2) is 0 Å². The molecule has 8 nitrogen and oxygen atoms in total. The fourth-order valence-corrected chi connectivity index (χ4v) is 6.54. The Balaban J connectivity index is 6.22. The summed E-state index contributed by atoms with van der Waals surface area (Å²) in [5.74, 6) is 2.31. The first-order valence-electron chi connectivity index (χ1n) is 19.0. The first kappa shape index (κ1) is 51.7. The molecular weight excluding hydrogens is 705 g/mol. The van der Waals surface area contributed by atoms with E-state index in [-0.39, 0.29) is 28.8 Å². The second-order valence-corrected chi connectivity index (χ2v) is 20.3. The molecule has 0 saturated heterocycles. The van der Waals surface area contributed by atoms with Crippen LogP contribution in [0.4, 0.5) is 0 Å². The van der Waals surface area contributed by atoms with E-state index in [1.807, 2.05) is 13.8 Å². The summed E-state index contributed by atoms with van der Waals surface area (Å²) in [6.07, 6.45) is 4.56. The number of aliphatic hydroxyl groups excluding tert-OH is 1. The van der Waals surface area contributed by atoms with Crippen LogP contribution in [0.5, 0.6) is 0 Å². The molecule has 0 aromatic rings. The zero-order valence-electron chi connectivity index (χ0n) is 35.4. The summed E-state index contributed by atoms with van der Waals surface area (Å²) in [5, 5.41) is 9.77. The van der Waals surface area contributed by atoms with E-state index in [4.69, 9.17) is 33.2 Å². The standard InChI is InChI=1S/C40H82O8S3/c1-33(2,28-45-39(13,14)20-26-51)27-42-29-40(30-46-34(3,4)15-21-41,31-47-35(5,6)16-22-43-37(9,10)18-24-49)32-48-36(7,8)17-23-44-38(11,12)19-25-50/h41,49-51H,15-32H2,1-14H3. The van der Waals surface area contributed by atoms with Crippen molar-refractivity contribution in [3.8, 4) is 0 Å². The molecule has 0 atom stereocenters. The zero-order chi connectivity index (χ0) is 39.7. The van der Waals surface area contributed by atoms with E-state index in [0.717, 1.165) is 49.4 Å². The number of thiol groups is 3. The largest absolute Gasteiger partial charge is 0.396 e. The molecular formula is C40H82O8S3. The lowest BCUT2D eigenvalue weighted by Gasteiger charge is -2.41. The first-order chi connectivity index (χ1) is 23.2. The van der Waals surface area contributed by atoms with E-state index in [0.29, 0.717) is 59.3 Å². The van der Waals surface area contributed by atoms with Gasteiger partial charge in [-0.2, -0.15) is 37.9 Å². The summed E-state index contributed by atoms with van der Waals surface area (Å²) < 4.78 is 45.5. The second kappa shape index (κ2) is 23.1. The van der Waals surface area contributed by atoms with Gasteiger partial charge in [-0.15, -0.1) is 0 Å². The van der Waals surface area contributed by atoms with Crippen molar-refractivity contribution in [2.45, 2.75) is 169 Å². The van der Waals surface area contributed by atoms with E-state index < -0.39 is 22.2 Å². The Labute approximate surface area is 331 Å². The summed E-state index contributed by atoms with van der Waals surface area (Å²) in [7, 11) is 0. The van der Waals surface area contributed by atoms with E-state index in [1.165, 1.54) is 0 Å². The lowest BCUT2D eigenvalue weighted by atomic mass is 9.89. The van der Waals surface area contributed by atoms with Crippen LogP contribution in [0.15, 0.2) is 0 Å². The van der Waals surface area contributed by atoms with Crippen LogP contribution in [0.1, 0.15) is 135 Å². The Morgan fingerprint density at radius 1 is 0.373 bits per heavy atom. The van der Waals surface area contributed by atoms with E-state index in [9.17, 15) is 5.11 Å². The zero-order valence-corrected chi connectivity index (χ0v) is 38.1. The van der Waals surface area contributed by atoms with Gasteiger partial charge in [0.15, 0.2) is 0 Å². The van der Waals surface area contributed by atoms with Crippen LogP contribution >= 0.6 is 37.9 Å². The van der Waals surface area contributed by atoms with Crippen LogP contribution in [0.3, 0.4) is 0 Å². The number of hydrogen-bond donors (Lipinski definition) is 4. The highest BCUT2D eigenvalue weighted by atomic mass is 32.1. The Bertz CT molecular complexity index is 881. The van der Waals surface area contributed by atoms with Crippen molar-refractivity contribution in [1.29, 1.82) is 0 Å². The fraction of sp³-hybridized carbons (Fsp3) is 1.00. The molecule has 0 saturated carbocycles. The number of ether oxygens (including phenoxy) is 7. The molecule has 0 aromatic heterocycles. The van der Waals surface area contributed by atoms with Gasteiger partial charge in [0, 0.05) is 12.0 Å². The topological polar surface area (TPSA) is 84.8 Å². The molecule has 0 amide bonds. The van der Waals surface area contributed by atoms with Crippen LogP contribution in [0.25, 0.3) is 0 Å². The quantitative estimate of drug-likeness (QED) is 0.0504. The molecule has 0 aliphatic carbocycles. The van der Waals surface area contributed by atoms with Crippen molar-refractivity contribution in [3.05, 3.63) is 0 Å². The molecule has 0 heterocycles. The molecule has 0 aliphatic heterocycles. The predicted molar refractivity (Wildman–Crippen MR) is 224 cm³/mol. The van der Waals surface area contributed by atoms with Gasteiger partial charge in [0.25, 0.3) is 0 Å². The van der Waals surface area contributed by atoms with Crippen molar-refractivity contribution in [3.63, 3.8) is 0 Å². The maximum atomic E-state index is 9.77. The molecule has 0 aliphatic rings. The van der Waals surface area contributed by atoms with Crippen molar-refractivity contribution in [2.24, 2.45) is 10.8 Å². The van der Waals surface area contributed by atoms with Crippen molar-refractivity contribution < 1.29 is 38.3 Å². The molecule has 0 spiro atoms. The van der Waals surface area contributed by atoms with Gasteiger partial charge in [0.05, 0.1) is 91.9 Å². The van der Waals surface area contributed by atoms with Crippen molar-refractivity contribution in [2.75, 3.05) is 76.7 Å². The second-order valence-electron chi connectivity index (χ2n) is 19.0. The molecule has 0 bridgehead atoms. The average molecular weight is 787 g/mol. The maximum absolute atomic E-state index is 9.77. The highest BCUT2D eigenvalue weighted by molar-refractivity contribution is 7.80. The van der Waals surface area contributed by atoms with Crippen molar-refractivity contribution in [1.82, 2.24) is 0 Å². The Hall–Kier alpha value is 0.730. The van der Waals surface area contributed by atoms with Gasteiger partial charge >= 0.3 is 0 Å². The summed E-state index contributed by atoms with van der Waals surface area (Å²) in [6.45, 7) is 33.0. The molecule has 0 radical (unpaired) electrons. The minimum absolute atomic E-state index is 0.0362. The average Bonchev–Trinajstić information content (AvgIpc) is 2.96. The SMILES string of the molecule is CC(C)(COCC(COC(C)(C)CCO)(COC(C)(C)CCOC(C)(C)CCS)COC(C)(C)CCOC(C)(C)CCS)COC(C)(C)CCS. The van der Waals surface area contributed by atoms with E-state index >= 15 is 0 Å². The monoisotopic (exact) mass is 787 g/mol. The number of hydrogen-bond acceptors (Lipinski definition) is 11. The summed E-state index contributed by atoms with van der Waals surface area (Å²) in [5.41, 5.74) is -3.13. The maximum Gasteiger partial charge on any atom is 0.0648 e. The van der Waals surface area contributed by atoms with Crippen LogP contribution in [0.2, 0.25) is 0 Å². The third kappa shape index (κ3) is 25.5. The Kier molecular flexibility index (Phi) is 23.4. The molecule has 11 heteroatoms. The first-order valence-corrected chi connectivity index (χ1v) is 20.9. The van der Waals surface area contributed by atoms with Crippen molar-refractivity contribution >= 4 is 37.9 Å². The number of aliphatic hydroxyl groups is 1. The molecule has 0 rings (SSSR count). The molecule has 1 N–H and O–H groups in total. The van der Waals surface area contributed by atoms with Gasteiger partial charge < -0.3 is 38.3 Å². The van der Waals surface area contributed by atoms with Gasteiger partial charge in [-0.05, 0) is 139 Å². The Morgan fingerprint density at radius 2 is 0.686 bits per heavy atom. The molecule has 308 valence electrons. The molecule has 0 unspecified atom stereocenters. The van der Waals surface area contributed by atoms with Crippen LogP contribution < -0.4 is 0 Å². The van der Waals surface area contributed by atoms with Crippen LogP contribution in [0, 0.1) is 10.8 Å². The van der Waals surface area contributed by atoms with Gasteiger partial charge in [-0.3, -0.25) is 0 Å². The molecule has 0 fully saturated rings. The third-order valence-corrected chi connectivity index (χ3v) is 9.98.